The van der Waals surface area contributed by atoms with Crippen molar-refractivity contribution in [2.24, 2.45) is 16.7 Å². The van der Waals surface area contributed by atoms with E-state index in [2.05, 4.69) is 5.32 Å². The predicted molar refractivity (Wildman–Crippen MR) is 217 cm³/mol. The van der Waals surface area contributed by atoms with Crippen LogP contribution in [-0.4, -0.2) is 118 Å². The highest BCUT2D eigenvalue weighted by molar-refractivity contribution is 7.10. The number of alkyl carbamates (subject to hydrolysis) is 1. The number of amides is 1. The molecule has 1 aromatic carbocycles. The summed E-state index contributed by atoms with van der Waals surface area (Å²) in [5.41, 5.74) is -8.89. The van der Waals surface area contributed by atoms with Crippen molar-refractivity contribution in [2.75, 3.05) is 13.2 Å². The summed E-state index contributed by atoms with van der Waals surface area (Å²) in [5, 5.41) is 41.6. The van der Waals surface area contributed by atoms with Crippen LogP contribution < -0.4 is 5.32 Å². The molecule has 1 amide bonds. The third-order valence-corrected chi connectivity index (χ3v) is 13.7. The molecular formula is C44H55NO16S. The van der Waals surface area contributed by atoms with Crippen LogP contribution in [0.15, 0.2) is 59.0 Å². The number of esters is 3. The Morgan fingerprint density at radius 2 is 1.69 bits per heavy atom. The third kappa shape index (κ3) is 8.11. The van der Waals surface area contributed by atoms with Gasteiger partial charge >= 0.3 is 30.2 Å². The van der Waals surface area contributed by atoms with Gasteiger partial charge in [0, 0.05) is 30.1 Å². The van der Waals surface area contributed by atoms with E-state index in [1.807, 2.05) is 0 Å². The fraction of sp³-hybridized carbons (Fsp3) is 0.591. The number of Topliss-reactive ketones (excluding diaryl/α,β-unsaturated/α-hetero) is 1. The number of aliphatic hydroxyl groups is 3. The monoisotopic (exact) mass is 885 g/mol. The zero-order chi connectivity index (χ0) is 45.7. The zero-order valence-corrected chi connectivity index (χ0v) is 36.9. The number of rotatable bonds is 10. The molecule has 1 aromatic heterocycles. The second kappa shape index (κ2) is 17.0. The molecule has 62 heavy (non-hydrogen) atoms. The lowest BCUT2D eigenvalue weighted by molar-refractivity contribution is -0.346. The van der Waals surface area contributed by atoms with Gasteiger partial charge in [-0.15, -0.1) is 11.3 Å². The van der Waals surface area contributed by atoms with Crippen LogP contribution >= 0.6 is 11.3 Å². The quantitative estimate of drug-likeness (QED) is 0.146. The van der Waals surface area contributed by atoms with Gasteiger partial charge in [0.15, 0.2) is 23.6 Å². The number of ether oxygens (including phenoxy) is 7. The number of carbonyl (C=O) groups is 6. The average Bonchev–Trinajstić information content (AvgIpc) is 3.72. The van der Waals surface area contributed by atoms with E-state index in [-0.39, 0.29) is 36.3 Å². The Labute approximate surface area is 363 Å². The first-order chi connectivity index (χ1) is 28.9. The van der Waals surface area contributed by atoms with Crippen LogP contribution in [0.2, 0.25) is 0 Å². The molecule has 0 radical (unpaired) electrons. The van der Waals surface area contributed by atoms with Crippen molar-refractivity contribution in [3.8, 4) is 0 Å². The molecule has 0 spiro atoms. The molecule has 2 saturated carbocycles. The number of nitrogens with one attached hydrogen (secondary N) is 1. The minimum atomic E-state index is -2.43. The number of benzene rings is 1. The number of hydrogen-bond donors (Lipinski definition) is 4. The minimum Gasteiger partial charge on any atom is -0.456 e. The Balaban J connectivity index is 1.55. The SMILES string of the molecule is CCOC(=O)O[C@H]1C(=O)[C@@]2(C)[C@H]([C@H](OC(=O)c3ccccc3)[C@]3(O)C[C@H](OC(=O)[C@H](O)[C@@H](NC(=O)OC(C)(C)C)c4cccs4)C(C)=C1C3(C)C)[C@]1(OC(C)=O)CO[C@@H]1C[C@@H]2O. The summed E-state index contributed by atoms with van der Waals surface area (Å²) in [4.78, 5) is 83.7. The lowest BCUT2D eigenvalue weighted by Gasteiger charge is -2.67. The van der Waals surface area contributed by atoms with E-state index in [0.717, 1.165) is 18.3 Å². The second-order valence-electron chi connectivity index (χ2n) is 18.0. The number of thiophene rings is 1. The molecule has 4 aliphatic rings. The van der Waals surface area contributed by atoms with Crippen molar-refractivity contribution >= 4 is 47.3 Å². The number of ketones is 1. The van der Waals surface area contributed by atoms with Crippen LogP contribution in [0.4, 0.5) is 9.59 Å². The van der Waals surface area contributed by atoms with Gasteiger partial charge in [-0.2, -0.15) is 0 Å². The Hall–Kier alpha value is -4.88. The molecule has 2 heterocycles. The fourth-order valence-corrected chi connectivity index (χ4v) is 10.5. The van der Waals surface area contributed by atoms with Gasteiger partial charge in [0.05, 0.1) is 36.2 Å². The van der Waals surface area contributed by atoms with Gasteiger partial charge in [0.25, 0.3) is 0 Å². The third-order valence-electron chi connectivity index (χ3n) is 12.7. The molecular weight excluding hydrogens is 831 g/mol. The van der Waals surface area contributed by atoms with Crippen molar-refractivity contribution in [3.05, 3.63) is 69.4 Å². The van der Waals surface area contributed by atoms with Crippen LogP contribution in [0, 0.1) is 16.7 Å². The smallest absolute Gasteiger partial charge is 0.456 e. The van der Waals surface area contributed by atoms with Gasteiger partial charge in [-0.3, -0.25) is 9.59 Å². The van der Waals surface area contributed by atoms with E-state index in [1.165, 1.54) is 46.8 Å². The van der Waals surface area contributed by atoms with E-state index >= 15 is 4.79 Å². The van der Waals surface area contributed by atoms with Crippen molar-refractivity contribution in [1.29, 1.82) is 0 Å². The summed E-state index contributed by atoms with van der Waals surface area (Å²) in [7, 11) is 0. The maximum absolute atomic E-state index is 15.6. The number of hydrogen-bond acceptors (Lipinski definition) is 17. The molecule has 11 atom stereocenters. The normalized spacial score (nSPS) is 32.2. The second-order valence-corrected chi connectivity index (χ2v) is 18.9. The topological polar surface area (TPSA) is 240 Å². The number of aliphatic hydroxyl groups excluding tert-OH is 2. The lowest BCUT2D eigenvalue weighted by atomic mass is 9.44. The van der Waals surface area contributed by atoms with Gasteiger partial charge in [0.2, 0.25) is 0 Å². The maximum atomic E-state index is 15.6. The van der Waals surface area contributed by atoms with Crippen molar-refractivity contribution in [1.82, 2.24) is 5.32 Å². The van der Waals surface area contributed by atoms with Crippen LogP contribution in [0.1, 0.15) is 96.4 Å². The fourth-order valence-electron chi connectivity index (χ4n) is 9.65. The summed E-state index contributed by atoms with van der Waals surface area (Å²) < 4.78 is 40.7. The first kappa shape index (κ1) is 46.6. The minimum absolute atomic E-state index is 0.0535. The predicted octanol–water partition coefficient (Wildman–Crippen LogP) is 4.50. The van der Waals surface area contributed by atoms with E-state index in [4.69, 9.17) is 33.2 Å². The molecule has 4 N–H and O–H groups in total. The number of fused-ring (bicyclic) bond motifs is 5. The van der Waals surface area contributed by atoms with Gasteiger partial charge in [-0.1, -0.05) is 38.1 Å². The molecule has 17 nitrogen and oxygen atoms in total. The average molecular weight is 886 g/mol. The van der Waals surface area contributed by atoms with Gasteiger partial charge in [-0.25, -0.2) is 19.2 Å². The molecule has 2 aromatic rings. The van der Waals surface area contributed by atoms with Gasteiger partial charge in [-0.05, 0) is 76.3 Å². The van der Waals surface area contributed by atoms with E-state index in [0.29, 0.717) is 4.88 Å². The van der Waals surface area contributed by atoms with Gasteiger partial charge in [0.1, 0.15) is 35.6 Å². The van der Waals surface area contributed by atoms with Crippen molar-refractivity contribution in [3.63, 3.8) is 0 Å². The van der Waals surface area contributed by atoms with Gasteiger partial charge < -0.3 is 53.8 Å². The Bertz CT molecular complexity index is 2100. The maximum Gasteiger partial charge on any atom is 0.509 e. The highest BCUT2D eigenvalue weighted by Crippen LogP contribution is 2.64. The summed E-state index contributed by atoms with van der Waals surface area (Å²) >= 11 is 1.13. The van der Waals surface area contributed by atoms with Crippen LogP contribution in [0.5, 0.6) is 0 Å². The summed E-state index contributed by atoms with van der Waals surface area (Å²) in [6.07, 6.45) is -13.1. The highest BCUT2D eigenvalue weighted by Gasteiger charge is 2.78. The Morgan fingerprint density at radius 1 is 1.02 bits per heavy atom. The van der Waals surface area contributed by atoms with E-state index in [1.54, 1.807) is 56.5 Å². The molecule has 1 saturated heterocycles. The van der Waals surface area contributed by atoms with E-state index in [9.17, 15) is 39.3 Å². The molecule has 18 heteroatoms. The zero-order valence-electron chi connectivity index (χ0n) is 36.1. The van der Waals surface area contributed by atoms with E-state index < -0.39 is 119 Å². The first-order valence-corrected chi connectivity index (χ1v) is 21.3. The molecule has 2 bridgehead atoms. The largest absolute Gasteiger partial charge is 0.509 e. The molecule has 338 valence electrons. The molecule has 1 aliphatic heterocycles. The summed E-state index contributed by atoms with van der Waals surface area (Å²) in [5.74, 6) is -5.53. The molecule has 3 aliphatic carbocycles. The summed E-state index contributed by atoms with van der Waals surface area (Å²) in [6.45, 7) is 13.0. The van der Waals surface area contributed by atoms with Crippen molar-refractivity contribution in [2.45, 2.75) is 135 Å². The summed E-state index contributed by atoms with van der Waals surface area (Å²) in [6, 6.07) is 9.65. The molecule has 0 unspecified atom stereocenters. The Kier molecular flexibility index (Phi) is 12.8. The van der Waals surface area contributed by atoms with Crippen LogP contribution in [0.25, 0.3) is 0 Å². The first-order valence-electron chi connectivity index (χ1n) is 20.4. The highest BCUT2D eigenvalue weighted by atomic mass is 32.1. The standard InChI is InChI=1S/C44H55NO16S/c1-10-55-39(53)58-32-29-22(2)25(57-37(51)31(48)30(26-17-14-18-62-26)45-38(52)61-40(4,5)6)20-44(54,41(29,7)8)35(59-36(50)24-15-12-11-13-16-24)33-42(9,34(32)49)27(47)19-28-43(33,21-56-28)60-23(3)46/h11-18,25,27-28,30-33,35,47-48,54H,10,19-21H2,1-9H3,(H,45,52)/t25-,27-,28+,30-,31+,32+,33-,35-,42+,43-,44+/m0/s1. The van der Waals surface area contributed by atoms with Crippen LogP contribution in [-0.2, 0) is 47.5 Å². The lowest BCUT2D eigenvalue weighted by Crippen LogP contribution is -2.82. The molecule has 3 fully saturated rings. The molecule has 6 rings (SSSR count). The van der Waals surface area contributed by atoms with Crippen LogP contribution in [0.3, 0.4) is 0 Å². The van der Waals surface area contributed by atoms with Crippen molar-refractivity contribution < 1.29 is 77.2 Å². The number of carbonyl (C=O) groups excluding carboxylic acids is 6. The Morgan fingerprint density at radius 3 is 2.26 bits per heavy atom.